The molecule has 0 spiro atoms. The van der Waals surface area contributed by atoms with Crippen molar-refractivity contribution in [2.75, 3.05) is 13.7 Å². The van der Waals surface area contributed by atoms with Crippen LogP contribution in [0.4, 0.5) is 0 Å². The van der Waals surface area contributed by atoms with Crippen molar-refractivity contribution in [2.24, 2.45) is 0 Å². The molecule has 9 nitrogen and oxygen atoms in total. The molecule has 2 N–H and O–H groups in total. The van der Waals surface area contributed by atoms with E-state index in [1.165, 1.54) is 27.9 Å². The second-order valence-corrected chi connectivity index (χ2v) is 4.89. The molecule has 1 aliphatic heterocycles. The number of methoxy groups -OCH3 is 1. The van der Waals surface area contributed by atoms with Crippen LogP contribution in [0.5, 0.6) is 0 Å². The smallest absolute Gasteiger partial charge is 0.303 e. The maximum Gasteiger partial charge on any atom is 0.303 e. The fourth-order valence-electron chi connectivity index (χ4n) is 2.27. The van der Waals surface area contributed by atoms with E-state index in [4.69, 9.17) is 18.9 Å². The summed E-state index contributed by atoms with van der Waals surface area (Å²) in [5.41, 5.74) is 0. The van der Waals surface area contributed by atoms with E-state index in [9.17, 15) is 19.5 Å². The molecule has 1 fully saturated rings. The third-order valence-electron chi connectivity index (χ3n) is 2.97. The number of nitrogens with one attached hydrogen (secondary N) is 1. The number of esters is 2. The first-order valence-corrected chi connectivity index (χ1v) is 6.70. The standard InChI is InChI=1S/C13H21NO8/c1-6(15)14-10-12(21-8(3)17)11(20-7(2)16)9(5-19-4)22-13(10)18/h9-13,18H,5H2,1-4H3,(H,14,15). The molecule has 5 unspecified atom stereocenters. The van der Waals surface area contributed by atoms with Crippen molar-refractivity contribution in [3.05, 3.63) is 0 Å². The summed E-state index contributed by atoms with van der Waals surface area (Å²) in [6, 6.07) is -1.07. The van der Waals surface area contributed by atoms with E-state index in [0.717, 1.165) is 0 Å². The van der Waals surface area contributed by atoms with Crippen molar-refractivity contribution >= 4 is 17.8 Å². The molecule has 22 heavy (non-hydrogen) atoms. The molecule has 9 heteroatoms. The Morgan fingerprint density at radius 1 is 1.09 bits per heavy atom. The Labute approximate surface area is 127 Å². The first-order chi connectivity index (χ1) is 10.3. The van der Waals surface area contributed by atoms with Gasteiger partial charge in [0, 0.05) is 27.9 Å². The highest BCUT2D eigenvalue weighted by atomic mass is 16.7. The molecule has 126 valence electrons. The minimum Gasteiger partial charge on any atom is -0.456 e. The van der Waals surface area contributed by atoms with Crippen LogP contribution in [0.1, 0.15) is 20.8 Å². The number of hydrogen-bond donors (Lipinski definition) is 2. The summed E-state index contributed by atoms with van der Waals surface area (Å²) in [6.07, 6.45) is -4.42. The van der Waals surface area contributed by atoms with Gasteiger partial charge in [0.25, 0.3) is 0 Å². The van der Waals surface area contributed by atoms with Crippen molar-refractivity contribution in [3.8, 4) is 0 Å². The Morgan fingerprint density at radius 2 is 1.64 bits per heavy atom. The topological polar surface area (TPSA) is 120 Å². The maximum atomic E-state index is 11.3. The summed E-state index contributed by atoms with van der Waals surface area (Å²) in [6.45, 7) is 3.59. The molecule has 0 aromatic heterocycles. The zero-order valence-electron chi connectivity index (χ0n) is 12.9. The zero-order chi connectivity index (χ0) is 16.9. The number of aliphatic hydroxyl groups excluding tert-OH is 1. The summed E-state index contributed by atoms with van der Waals surface area (Å²) < 4.78 is 20.6. The van der Waals surface area contributed by atoms with Crippen molar-refractivity contribution in [2.45, 2.75) is 51.4 Å². The zero-order valence-corrected chi connectivity index (χ0v) is 12.9. The van der Waals surface area contributed by atoms with Crippen LogP contribution in [-0.4, -0.2) is 67.3 Å². The molecule has 0 radical (unpaired) electrons. The highest BCUT2D eigenvalue weighted by Gasteiger charge is 2.49. The second kappa shape index (κ2) is 8.06. The lowest BCUT2D eigenvalue weighted by atomic mass is 9.96. The summed E-state index contributed by atoms with van der Waals surface area (Å²) in [4.78, 5) is 33.9. The summed E-state index contributed by atoms with van der Waals surface area (Å²) >= 11 is 0. The first-order valence-electron chi connectivity index (χ1n) is 6.70. The Bertz CT molecular complexity index is 426. The first kappa shape index (κ1) is 18.3. The highest BCUT2D eigenvalue weighted by Crippen LogP contribution is 2.25. The SMILES string of the molecule is COCC1OC(O)C(NC(C)=O)C(OC(C)=O)C1OC(C)=O. The van der Waals surface area contributed by atoms with Gasteiger partial charge in [-0.15, -0.1) is 0 Å². The maximum absolute atomic E-state index is 11.3. The van der Waals surface area contributed by atoms with E-state index in [1.54, 1.807) is 0 Å². The van der Waals surface area contributed by atoms with E-state index < -0.39 is 48.5 Å². The highest BCUT2D eigenvalue weighted by molar-refractivity contribution is 5.73. The lowest BCUT2D eigenvalue weighted by Crippen LogP contribution is -2.66. The molecule has 1 rings (SSSR count). The van der Waals surface area contributed by atoms with E-state index in [2.05, 4.69) is 5.32 Å². The van der Waals surface area contributed by atoms with Gasteiger partial charge in [0.05, 0.1) is 6.61 Å². The quantitative estimate of drug-likeness (QED) is 0.601. The Morgan fingerprint density at radius 3 is 2.09 bits per heavy atom. The van der Waals surface area contributed by atoms with Crippen LogP contribution >= 0.6 is 0 Å². The largest absolute Gasteiger partial charge is 0.456 e. The minimum atomic E-state index is -1.44. The average Bonchev–Trinajstić information content (AvgIpc) is 2.37. The van der Waals surface area contributed by atoms with Crippen LogP contribution in [0, 0.1) is 0 Å². The number of ether oxygens (including phenoxy) is 4. The van der Waals surface area contributed by atoms with E-state index in [0.29, 0.717) is 0 Å². The van der Waals surface area contributed by atoms with E-state index in [-0.39, 0.29) is 6.61 Å². The number of aliphatic hydroxyl groups is 1. The van der Waals surface area contributed by atoms with Crippen LogP contribution < -0.4 is 5.32 Å². The van der Waals surface area contributed by atoms with Crippen LogP contribution in [0.15, 0.2) is 0 Å². The molecule has 1 saturated heterocycles. The van der Waals surface area contributed by atoms with Crippen LogP contribution in [0.3, 0.4) is 0 Å². The van der Waals surface area contributed by atoms with Gasteiger partial charge in [-0.25, -0.2) is 0 Å². The minimum absolute atomic E-state index is 0.000434. The number of carbonyl (C=O) groups excluding carboxylic acids is 3. The van der Waals surface area contributed by atoms with Gasteiger partial charge in [0.2, 0.25) is 5.91 Å². The van der Waals surface area contributed by atoms with Crippen LogP contribution in [0.2, 0.25) is 0 Å². The van der Waals surface area contributed by atoms with Crippen molar-refractivity contribution in [1.29, 1.82) is 0 Å². The van der Waals surface area contributed by atoms with E-state index >= 15 is 0 Å². The monoisotopic (exact) mass is 319 g/mol. The average molecular weight is 319 g/mol. The van der Waals surface area contributed by atoms with Gasteiger partial charge < -0.3 is 29.4 Å². The summed E-state index contributed by atoms with van der Waals surface area (Å²) in [7, 11) is 1.40. The number of amides is 1. The predicted molar refractivity (Wildman–Crippen MR) is 71.5 cm³/mol. The molecule has 0 bridgehead atoms. The van der Waals surface area contributed by atoms with Gasteiger partial charge in [-0.05, 0) is 0 Å². The molecule has 0 aromatic carbocycles. The van der Waals surface area contributed by atoms with Gasteiger partial charge in [0.1, 0.15) is 12.1 Å². The molecule has 0 aromatic rings. The molecule has 0 saturated carbocycles. The fourth-order valence-corrected chi connectivity index (χ4v) is 2.27. The Kier molecular flexibility index (Phi) is 6.72. The summed E-state index contributed by atoms with van der Waals surface area (Å²) in [5, 5.41) is 12.5. The Hall–Kier alpha value is -1.71. The third kappa shape index (κ3) is 4.93. The van der Waals surface area contributed by atoms with Crippen molar-refractivity contribution in [1.82, 2.24) is 5.32 Å². The van der Waals surface area contributed by atoms with Crippen molar-refractivity contribution < 1.29 is 38.4 Å². The van der Waals surface area contributed by atoms with Gasteiger partial charge in [-0.1, -0.05) is 0 Å². The molecule has 5 atom stereocenters. The van der Waals surface area contributed by atoms with Crippen LogP contribution in [-0.2, 0) is 33.3 Å². The number of rotatable bonds is 5. The van der Waals surface area contributed by atoms with Gasteiger partial charge >= 0.3 is 11.9 Å². The van der Waals surface area contributed by atoms with Gasteiger partial charge in [0.15, 0.2) is 18.5 Å². The summed E-state index contributed by atoms with van der Waals surface area (Å²) in [5.74, 6) is -1.73. The number of carbonyl (C=O) groups is 3. The third-order valence-corrected chi connectivity index (χ3v) is 2.97. The van der Waals surface area contributed by atoms with Gasteiger partial charge in [-0.2, -0.15) is 0 Å². The van der Waals surface area contributed by atoms with E-state index in [1.807, 2.05) is 0 Å². The molecule has 1 amide bonds. The molecular weight excluding hydrogens is 298 g/mol. The lowest BCUT2D eigenvalue weighted by molar-refractivity contribution is -0.264. The number of hydrogen-bond acceptors (Lipinski definition) is 8. The van der Waals surface area contributed by atoms with Gasteiger partial charge in [-0.3, -0.25) is 14.4 Å². The molecule has 1 aliphatic rings. The predicted octanol–water partition coefficient (Wildman–Crippen LogP) is -1.28. The molecule has 0 aliphatic carbocycles. The van der Waals surface area contributed by atoms with Crippen LogP contribution in [0.25, 0.3) is 0 Å². The second-order valence-electron chi connectivity index (χ2n) is 4.89. The lowest BCUT2D eigenvalue weighted by Gasteiger charge is -2.43. The molecular formula is C13H21NO8. The normalized spacial score (nSPS) is 31.2. The fraction of sp³-hybridized carbons (Fsp3) is 0.769. The Balaban J connectivity index is 3.09. The van der Waals surface area contributed by atoms with Crippen molar-refractivity contribution in [3.63, 3.8) is 0 Å². The molecule has 1 heterocycles.